The Morgan fingerprint density at radius 3 is 1.06 bits per heavy atom. The van der Waals surface area contributed by atoms with Crippen LogP contribution in [0.3, 0.4) is 0 Å². The lowest BCUT2D eigenvalue weighted by molar-refractivity contribution is 0.727. The van der Waals surface area contributed by atoms with Crippen LogP contribution in [0.25, 0.3) is 0 Å². The lowest BCUT2D eigenvalue weighted by Crippen LogP contribution is -2.44. The van der Waals surface area contributed by atoms with Crippen molar-refractivity contribution in [2.45, 2.75) is 155 Å². The van der Waals surface area contributed by atoms with E-state index in [0.717, 1.165) is 0 Å². The van der Waals surface area contributed by atoms with Crippen molar-refractivity contribution >= 4 is 24.2 Å². The van der Waals surface area contributed by atoms with Crippen molar-refractivity contribution in [1.82, 2.24) is 0 Å². The molecule has 0 aliphatic carbocycles. The Bertz CT molecular complexity index is 774. The first-order valence-electron chi connectivity index (χ1n) is 14.5. The van der Waals surface area contributed by atoms with Crippen LogP contribution in [0.2, 0.25) is 51.4 Å². The van der Waals surface area contributed by atoms with Gasteiger partial charge >= 0.3 is 0 Å². The summed E-state index contributed by atoms with van der Waals surface area (Å²) in [6.45, 7) is 45.1. The molecule has 0 amide bonds. The molecule has 0 aromatic carbocycles. The summed E-state index contributed by atoms with van der Waals surface area (Å²) in [5.41, 5.74) is 13.5. The van der Waals surface area contributed by atoms with Gasteiger partial charge in [-0.1, -0.05) is 147 Å². The van der Waals surface area contributed by atoms with Gasteiger partial charge in [-0.15, -0.1) is 17.7 Å². The zero-order valence-corrected chi connectivity index (χ0v) is 30.4. The van der Waals surface area contributed by atoms with Crippen LogP contribution in [0.4, 0.5) is 0 Å². The summed E-state index contributed by atoms with van der Waals surface area (Å²) < 4.78 is 0. The Morgan fingerprint density at radius 1 is 0.583 bits per heavy atom. The molecule has 0 unspecified atom stereocenters. The topological polar surface area (TPSA) is 0 Å². The largest absolute Gasteiger partial charge is 0.146 e. The van der Waals surface area contributed by atoms with Gasteiger partial charge in [-0.2, -0.15) is 0 Å². The second-order valence-electron chi connectivity index (χ2n) is 14.7. The van der Waals surface area contributed by atoms with Crippen LogP contribution >= 0.6 is 0 Å². The highest BCUT2D eigenvalue weighted by Gasteiger charge is 2.44. The summed E-state index contributed by atoms with van der Waals surface area (Å²) in [7, 11) is -5.44. The van der Waals surface area contributed by atoms with Crippen molar-refractivity contribution in [1.29, 1.82) is 0 Å². The maximum Gasteiger partial charge on any atom is 0.146 e. The third-order valence-corrected chi connectivity index (χ3v) is 27.2. The smallest absolute Gasteiger partial charge is 0.128 e. The Balaban J connectivity index is 7.53. The predicted molar refractivity (Wildman–Crippen MR) is 177 cm³/mol. The van der Waals surface area contributed by atoms with Gasteiger partial charge < -0.3 is 0 Å². The van der Waals surface area contributed by atoms with Crippen LogP contribution in [-0.2, 0) is 0 Å². The number of hydrogen-bond acceptors (Lipinski definition) is 0. The Kier molecular flexibility index (Phi) is 12.6. The van der Waals surface area contributed by atoms with Gasteiger partial charge in [-0.25, -0.2) is 0 Å². The third-order valence-electron chi connectivity index (χ3n) is 9.72. The summed E-state index contributed by atoms with van der Waals surface area (Å²) in [6, 6.07) is 0. The molecule has 0 fully saturated rings. The molecule has 0 saturated heterocycles. The number of allylic oxidation sites excluding steroid dienone is 2. The Labute approximate surface area is 231 Å². The van der Waals surface area contributed by atoms with Gasteiger partial charge in [0.2, 0.25) is 0 Å². The Hall–Kier alpha value is -0.749. The highest BCUT2D eigenvalue weighted by molar-refractivity contribution is 6.91. The second-order valence-corrected chi connectivity index (χ2v) is 31.1. The van der Waals surface area contributed by atoms with Crippen LogP contribution in [0.5, 0.6) is 0 Å². The second kappa shape index (κ2) is 12.9. The number of hydrogen-bond donors (Lipinski definition) is 0. The van der Waals surface area contributed by atoms with Gasteiger partial charge in [0, 0.05) is 0 Å². The third kappa shape index (κ3) is 7.42. The highest BCUT2D eigenvalue weighted by atomic mass is 28.3. The van der Waals surface area contributed by atoms with Gasteiger partial charge in [0.1, 0.15) is 21.6 Å². The van der Waals surface area contributed by atoms with Crippen molar-refractivity contribution < 1.29 is 0 Å². The molecule has 0 heterocycles. The van der Waals surface area contributed by atoms with E-state index in [-0.39, 0.29) is 5.04 Å². The Morgan fingerprint density at radius 2 is 0.861 bits per heavy atom. The van der Waals surface area contributed by atoms with E-state index in [1.807, 2.05) is 0 Å². The first-order valence-corrected chi connectivity index (χ1v) is 22.1. The molecule has 0 saturated carbocycles. The van der Waals surface area contributed by atoms with Crippen LogP contribution in [0.1, 0.15) is 104 Å². The average Bonchev–Trinajstić information content (AvgIpc) is 2.69. The van der Waals surface area contributed by atoms with Gasteiger partial charge in [-0.05, 0) is 38.3 Å². The summed E-state index contributed by atoms with van der Waals surface area (Å²) in [5.74, 6) is 7.72. The van der Waals surface area contributed by atoms with Gasteiger partial charge in [0.15, 0.2) is 0 Å². The summed E-state index contributed by atoms with van der Waals surface area (Å²) in [4.78, 5) is 0. The molecule has 0 rings (SSSR count). The van der Waals surface area contributed by atoms with E-state index >= 15 is 0 Å². The zero-order valence-electron chi connectivity index (χ0n) is 27.4. The van der Waals surface area contributed by atoms with Crippen molar-refractivity contribution in [2.75, 3.05) is 0 Å². The summed E-state index contributed by atoms with van der Waals surface area (Å²) in [6.07, 6.45) is 4.41. The van der Waals surface area contributed by atoms with E-state index in [9.17, 15) is 0 Å². The molecule has 0 aromatic rings. The molecule has 0 nitrogen and oxygen atoms in total. The van der Waals surface area contributed by atoms with E-state index in [4.69, 9.17) is 0 Å². The minimum absolute atomic E-state index is 0.274. The molecule has 0 N–H and O–H groups in total. The molecule has 0 radical (unpaired) electrons. The molecule has 0 aliphatic heterocycles. The maximum absolute atomic E-state index is 4.36. The van der Waals surface area contributed by atoms with Crippen LogP contribution < -0.4 is 0 Å². The highest BCUT2D eigenvalue weighted by Crippen LogP contribution is 2.43. The standard InChI is InChI=1S/C33H62Si3/c1-19-33(20-23-34(17,18)32(14,15)16,21-24-35(26(2)3,27(4)5)28(6)7)22-25-36(29(8)9,30(10)11)31(12)13/h19-20,23,26-31H,1H2,2-18H3/b23-20+. The lowest BCUT2D eigenvalue weighted by atomic mass is 9.91. The summed E-state index contributed by atoms with van der Waals surface area (Å²) >= 11 is 0. The fraction of sp³-hybridized carbons (Fsp3) is 0.758. The monoisotopic (exact) mass is 542 g/mol. The number of rotatable bonds is 9. The first-order chi connectivity index (χ1) is 16.1. The van der Waals surface area contributed by atoms with Crippen molar-refractivity contribution in [3.05, 3.63) is 24.4 Å². The fourth-order valence-electron chi connectivity index (χ4n) is 6.16. The van der Waals surface area contributed by atoms with E-state index in [0.29, 0.717) is 33.2 Å². The molecule has 3 heteroatoms. The molecule has 0 aliphatic rings. The molecule has 0 bridgehead atoms. The van der Waals surface area contributed by atoms with Gasteiger partial charge in [0.05, 0.1) is 8.07 Å². The van der Waals surface area contributed by atoms with E-state index in [1.165, 1.54) is 0 Å². The van der Waals surface area contributed by atoms with E-state index in [2.05, 4.69) is 164 Å². The molecule has 0 spiro atoms. The molecule has 206 valence electrons. The summed E-state index contributed by atoms with van der Waals surface area (Å²) in [5, 5.41) is 0.274. The quantitative estimate of drug-likeness (QED) is 0.154. The maximum atomic E-state index is 4.36. The van der Waals surface area contributed by atoms with Gasteiger partial charge in [0.25, 0.3) is 0 Å². The molecule has 0 atom stereocenters. The van der Waals surface area contributed by atoms with Crippen molar-refractivity contribution in [3.8, 4) is 22.9 Å². The SMILES string of the molecule is C=CC(C#C[Si](C(C)C)(C(C)C)C(C)C)(C#C[Si](C(C)C)(C(C)C)C(C)C)/C=C/[Si](C)(C)C(C)(C)C. The average molecular weight is 543 g/mol. The van der Waals surface area contributed by atoms with Crippen molar-refractivity contribution in [2.24, 2.45) is 5.41 Å². The predicted octanol–water partition coefficient (Wildman–Crippen LogP) is 11.2. The molecule has 36 heavy (non-hydrogen) atoms. The van der Waals surface area contributed by atoms with E-state index < -0.39 is 29.6 Å². The minimum atomic E-state index is -1.89. The van der Waals surface area contributed by atoms with Gasteiger partial charge in [-0.3, -0.25) is 0 Å². The van der Waals surface area contributed by atoms with Crippen LogP contribution in [0.15, 0.2) is 24.4 Å². The lowest BCUT2D eigenvalue weighted by Gasteiger charge is -2.39. The van der Waals surface area contributed by atoms with Crippen molar-refractivity contribution in [3.63, 3.8) is 0 Å². The minimum Gasteiger partial charge on any atom is -0.128 e. The first kappa shape index (κ1) is 35.3. The van der Waals surface area contributed by atoms with Crippen LogP contribution in [0, 0.1) is 28.3 Å². The normalized spacial score (nSPS) is 14.2. The fourth-order valence-corrected chi connectivity index (χ4v) is 17.9. The molecule has 0 aromatic heterocycles. The molecular formula is C33H62Si3. The van der Waals surface area contributed by atoms with E-state index in [1.54, 1.807) is 0 Å². The zero-order chi connectivity index (χ0) is 28.9. The van der Waals surface area contributed by atoms with Crippen LogP contribution in [-0.4, -0.2) is 24.2 Å². The molecular weight excluding hydrogens is 481 g/mol.